The molecule has 0 amide bonds. The Kier molecular flexibility index (Phi) is 2.94. The first kappa shape index (κ1) is 11.8. The first-order valence-electron chi connectivity index (χ1n) is 4.46. The van der Waals surface area contributed by atoms with Crippen LogP contribution in [0, 0.1) is 11.6 Å². The highest BCUT2D eigenvalue weighted by Crippen LogP contribution is 2.13. The molecule has 0 aliphatic carbocycles. The van der Waals surface area contributed by atoms with E-state index in [0.717, 1.165) is 12.1 Å². The zero-order valence-electron chi connectivity index (χ0n) is 8.77. The van der Waals surface area contributed by atoms with Crippen molar-refractivity contribution < 1.29 is 18.7 Å². The SMILES string of the molecule is C[Si](C)(C)c1cc(F)c(C(=O)O)c(F)c1. The number of hydrogen-bond acceptors (Lipinski definition) is 1. The molecule has 0 aliphatic heterocycles. The van der Waals surface area contributed by atoms with E-state index < -0.39 is 31.2 Å². The van der Waals surface area contributed by atoms with Crippen LogP contribution in [0.25, 0.3) is 0 Å². The number of hydrogen-bond donors (Lipinski definition) is 1. The molecule has 1 rings (SSSR count). The van der Waals surface area contributed by atoms with Gasteiger partial charge in [-0.3, -0.25) is 0 Å². The molecule has 0 heterocycles. The fourth-order valence-corrected chi connectivity index (χ4v) is 2.33. The fraction of sp³-hybridized carbons (Fsp3) is 0.300. The van der Waals surface area contributed by atoms with Gasteiger partial charge < -0.3 is 5.11 Å². The van der Waals surface area contributed by atoms with E-state index in [1.807, 2.05) is 19.6 Å². The van der Waals surface area contributed by atoms with Crippen molar-refractivity contribution in [2.45, 2.75) is 19.6 Å². The zero-order chi connectivity index (χ0) is 11.8. The van der Waals surface area contributed by atoms with Gasteiger partial charge in [0.1, 0.15) is 17.2 Å². The number of carboxylic acid groups (broad SMARTS) is 1. The van der Waals surface area contributed by atoms with Gasteiger partial charge in [0.2, 0.25) is 0 Å². The highest BCUT2D eigenvalue weighted by atomic mass is 28.3. The smallest absolute Gasteiger partial charge is 0.341 e. The lowest BCUT2D eigenvalue weighted by Crippen LogP contribution is -2.38. The second-order valence-corrected chi connectivity index (χ2v) is 9.45. The van der Waals surface area contributed by atoms with Gasteiger partial charge in [-0.1, -0.05) is 24.8 Å². The Balaban J connectivity index is 3.39. The van der Waals surface area contributed by atoms with Crippen molar-refractivity contribution in [3.05, 3.63) is 29.3 Å². The lowest BCUT2D eigenvalue weighted by molar-refractivity contribution is 0.0686. The summed E-state index contributed by atoms with van der Waals surface area (Å²) in [7, 11) is -1.83. The van der Waals surface area contributed by atoms with Crippen molar-refractivity contribution in [3.63, 3.8) is 0 Å². The first-order valence-corrected chi connectivity index (χ1v) is 7.96. The van der Waals surface area contributed by atoms with Crippen LogP contribution < -0.4 is 5.19 Å². The van der Waals surface area contributed by atoms with Crippen molar-refractivity contribution in [2.75, 3.05) is 0 Å². The molecule has 0 aromatic heterocycles. The van der Waals surface area contributed by atoms with Crippen molar-refractivity contribution in [3.8, 4) is 0 Å². The lowest BCUT2D eigenvalue weighted by Gasteiger charge is -2.17. The molecule has 0 saturated heterocycles. The van der Waals surface area contributed by atoms with Crippen LogP contribution in [0.5, 0.6) is 0 Å². The molecule has 15 heavy (non-hydrogen) atoms. The maximum Gasteiger partial charge on any atom is 0.341 e. The molecule has 5 heteroatoms. The van der Waals surface area contributed by atoms with Crippen molar-refractivity contribution in [2.24, 2.45) is 0 Å². The summed E-state index contributed by atoms with van der Waals surface area (Å²) in [5.41, 5.74) is -0.878. The molecule has 0 fully saturated rings. The predicted octanol–water partition coefficient (Wildman–Crippen LogP) is 2.21. The van der Waals surface area contributed by atoms with Gasteiger partial charge in [-0.25, -0.2) is 13.6 Å². The number of rotatable bonds is 2. The summed E-state index contributed by atoms with van der Waals surface area (Å²) >= 11 is 0. The van der Waals surface area contributed by atoms with E-state index in [1.54, 1.807) is 0 Å². The van der Waals surface area contributed by atoms with Crippen LogP contribution in [-0.2, 0) is 0 Å². The topological polar surface area (TPSA) is 37.3 Å². The van der Waals surface area contributed by atoms with E-state index in [2.05, 4.69) is 0 Å². The quantitative estimate of drug-likeness (QED) is 0.791. The third-order valence-corrected chi connectivity index (χ3v) is 4.14. The Hall–Kier alpha value is -1.23. The summed E-state index contributed by atoms with van der Waals surface area (Å²) < 4.78 is 26.6. The van der Waals surface area contributed by atoms with E-state index in [4.69, 9.17) is 5.11 Å². The average molecular weight is 230 g/mol. The van der Waals surface area contributed by atoms with Gasteiger partial charge in [0, 0.05) is 0 Å². The summed E-state index contributed by atoms with van der Waals surface area (Å²) in [6.07, 6.45) is 0. The van der Waals surface area contributed by atoms with Gasteiger partial charge in [0.15, 0.2) is 0 Å². The van der Waals surface area contributed by atoms with Crippen LogP contribution in [0.3, 0.4) is 0 Å². The number of carbonyl (C=O) groups is 1. The minimum absolute atomic E-state index is 0.572. The lowest BCUT2D eigenvalue weighted by atomic mass is 10.2. The second kappa shape index (κ2) is 3.73. The molecule has 1 aromatic carbocycles. The van der Waals surface area contributed by atoms with Crippen molar-refractivity contribution in [1.29, 1.82) is 0 Å². The van der Waals surface area contributed by atoms with Crippen LogP contribution in [0.4, 0.5) is 8.78 Å². The molecule has 0 spiro atoms. The molecule has 2 nitrogen and oxygen atoms in total. The molecule has 82 valence electrons. The van der Waals surface area contributed by atoms with E-state index in [0.29, 0.717) is 5.19 Å². The molecule has 0 bridgehead atoms. The van der Waals surface area contributed by atoms with E-state index in [-0.39, 0.29) is 0 Å². The minimum atomic E-state index is -1.83. The van der Waals surface area contributed by atoms with Crippen LogP contribution in [0.2, 0.25) is 19.6 Å². The standard InChI is InChI=1S/C10H12F2O2Si/c1-15(2,3)6-4-7(11)9(10(13)14)8(12)5-6/h4-5H,1-3H3,(H,13,14). The zero-order valence-corrected chi connectivity index (χ0v) is 9.77. The largest absolute Gasteiger partial charge is 0.477 e. The predicted molar refractivity (Wildman–Crippen MR) is 56.3 cm³/mol. The monoisotopic (exact) mass is 230 g/mol. The summed E-state index contributed by atoms with van der Waals surface area (Å²) in [4.78, 5) is 10.5. The third-order valence-electron chi connectivity index (χ3n) is 2.12. The molecule has 0 radical (unpaired) electrons. The first-order chi connectivity index (χ1) is 6.73. The van der Waals surface area contributed by atoms with E-state index in [1.165, 1.54) is 0 Å². The molecule has 1 aromatic rings. The second-order valence-electron chi connectivity index (χ2n) is 4.37. The van der Waals surface area contributed by atoms with Crippen LogP contribution in [-0.4, -0.2) is 19.1 Å². The molecule has 1 N–H and O–H groups in total. The Morgan fingerprint density at radius 1 is 1.20 bits per heavy atom. The van der Waals surface area contributed by atoms with Crippen LogP contribution in [0.15, 0.2) is 12.1 Å². The average Bonchev–Trinajstić information content (AvgIpc) is 1.99. The van der Waals surface area contributed by atoms with E-state index >= 15 is 0 Å². The summed E-state index contributed by atoms with van der Waals surface area (Å²) in [5, 5.41) is 9.14. The molecule has 0 aliphatic rings. The summed E-state index contributed by atoms with van der Waals surface area (Å²) in [6.45, 7) is 5.80. The molecule has 0 atom stereocenters. The Bertz CT molecular complexity index is 387. The number of aromatic carboxylic acids is 1. The van der Waals surface area contributed by atoms with E-state index in [9.17, 15) is 13.6 Å². The van der Waals surface area contributed by atoms with Gasteiger partial charge in [0.05, 0.1) is 8.07 Å². The Morgan fingerprint density at radius 2 is 1.60 bits per heavy atom. The van der Waals surface area contributed by atoms with Gasteiger partial charge in [-0.15, -0.1) is 0 Å². The normalized spacial score (nSPS) is 11.5. The van der Waals surface area contributed by atoms with Crippen molar-refractivity contribution in [1.82, 2.24) is 0 Å². The molecular formula is C10H12F2O2Si. The number of benzene rings is 1. The highest BCUT2D eigenvalue weighted by molar-refractivity contribution is 6.88. The molecule has 0 unspecified atom stereocenters. The third kappa shape index (κ3) is 2.41. The van der Waals surface area contributed by atoms with Gasteiger partial charge >= 0.3 is 5.97 Å². The minimum Gasteiger partial charge on any atom is -0.477 e. The fourth-order valence-electron chi connectivity index (χ4n) is 1.21. The summed E-state index contributed by atoms with van der Waals surface area (Å²) in [5.74, 6) is -3.58. The highest BCUT2D eigenvalue weighted by Gasteiger charge is 2.23. The Morgan fingerprint density at radius 3 is 1.87 bits per heavy atom. The van der Waals surface area contributed by atoms with Gasteiger partial charge in [-0.05, 0) is 12.1 Å². The van der Waals surface area contributed by atoms with Crippen LogP contribution in [0.1, 0.15) is 10.4 Å². The number of carboxylic acids is 1. The summed E-state index contributed by atoms with van der Waals surface area (Å²) in [6, 6.07) is 2.25. The van der Waals surface area contributed by atoms with Gasteiger partial charge in [0.25, 0.3) is 0 Å². The van der Waals surface area contributed by atoms with Gasteiger partial charge in [-0.2, -0.15) is 0 Å². The maximum atomic E-state index is 13.3. The molecular weight excluding hydrogens is 218 g/mol. The van der Waals surface area contributed by atoms with Crippen molar-refractivity contribution >= 4 is 19.2 Å². The maximum absolute atomic E-state index is 13.3. The number of halogens is 2. The molecule has 0 saturated carbocycles. The van der Waals surface area contributed by atoms with Crippen LogP contribution >= 0.6 is 0 Å². The Labute approximate surface area is 87.6 Å².